The Labute approximate surface area is 120 Å². The first kappa shape index (κ1) is 13.9. The van der Waals surface area contributed by atoms with Gasteiger partial charge < -0.3 is 4.74 Å². The third kappa shape index (κ3) is 2.88. The summed E-state index contributed by atoms with van der Waals surface area (Å²) in [7, 11) is 0. The Kier molecular flexibility index (Phi) is 3.59. The van der Waals surface area contributed by atoms with E-state index >= 15 is 0 Å². The van der Waals surface area contributed by atoms with Crippen LogP contribution < -0.4 is 10.1 Å². The lowest BCUT2D eigenvalue weighted by molar-refractivity contribution is -0.160. The molecule has 0 aliphatic carbocycles. The number of para-hydroxylation sites is 1. The van der Waals surface area contributed by atoms with E-state index in [0.29, 0.717) is 5.75 Å². The van der Waals surface area contributed by atoms with E-state index in [1.807, 2.05) is 0 Å². The van der Waals surface area contributed by atoms with Gasteiger partial charge in [-0.1, -0.05) is 48.5 Å². The Hall–Kier alpha value is -2.01. The topological polar surface area (TPSA) is 21.3 Å². The van der Waals surface area contributed by atoms with Crippen molar-refractivity contribution >= 4 is 0 Å². The molecule has 21 heavy (non-hydrogen) atoms. The van der Waals surface area contributed by atoms with Gasteiger partial charge in [0.2, 0.25) is 0 Å². The smallest absolute Gasteiger partial charge is 0.407 e. The van der Waals surface area contributed by atoms with Gasteiger partial charge >= 0.3 is 6.18 Å². The van der Waals surface area contributed by atoms with Crippen LogP contribution in [0, 0.1) is 0 Å². The molecule has 0 spiro atoms. The number of rotatable bonds is 3. The third-order valence-electron chi connectivity index (χ3n) is 3.53. The van der Waals surface area contributed by atoms with Gasteiger partial charge in [-0.15, -0.1) is 0 Å². The monoisotopic (exact) mass is 293 g/mol. The number of alkyl halides is 3. The minimum Gasteiger partial charge on any atom is -0.491 e. The van der Waals surface area contributed by atoms with E-state index in [2.05, 4.69) is 5.32 Å². The summed E-state index contributed by atoms with van der Waals surface area (Å²) in [5.74, 6) is 0.643. The molecule has 0 fully saturated rings. The van der Waals surface area contributed by atoms with Crippen molar-refractivity contribution < 1.29 is 17.9 Å². The molecule has 0 aromatic heterocycles. The minimum atomic E-state index is -4.36. The highest BCUT2D eigenvalue weighted by Gasteiger charge is 2.43. The molecule has 2 unspecified atom stereocenters. The van der Waals surface area contributed by atoms with Crippen LogP contribution in [0.2, 0.25) is 0 Å². The zero-order valence-corrected chi connectivity index (χ0v) is 11.1. The maximum atomic E-state index is 13.3. The Bertz CT molecular complexity index is 612. The Morgan fingerprint density at radius 1 is 1.00 bits per heavy atom. The standard InChI is InChI=1S/C16H14F3NO/c17-16(18,19)15(11-6-2-1-3-7-11)20-13-10-21-14-9-5-4-8-12(13)14/h1-9,13,15,20H,10H2. The van der Waals surface area contributed by atoms with E-state index < -0.39 is 18.3 Å². The molecule has 2 atom stereocenters. The van der Waals surface area contributed by atoms with Crippen LogP contribution in [0.25, 0.3) is 0 Å². The summed E-state index contributed by atoms with van der Waals surface area (Å²) in [6.45, 7) is 0.207. The van der Waals surface area contributed by atoms with Gasteiger partial charge in [-0.05, 0) is 11.6 Å². The predicted octanol–water partition coefficient (Wildman–Crippen LogP) is 4.01. The molecule has 1 heterocycles. The fourth-order valence-corrected chi connectivity index (χ4v) is 2.53. The van der Waals surface area contributed by atoms with Crippen molar-refractivity contribution in [3.63, 3.8) is 0 Å². The van der Waals surface area contributed by atoms with Crippen molar-refractivity contribution in [1.82, 2.24) is 5.32 Å². The predicted molar refractivity (Wildman–Crippen MR) is 73.1 cm³/mol. The lowest BCUT2D eigenvalue weighted by atomic mass is 10.0. The fourth-order valence-electron chi connectivity index (χ4n) is 2.53. The molecule has 0 bridgehead atoms. The number of hydrogen-bond acceptors (Lipinski definition) is 2. The number of hydrogen-bond donors (Lipinski definition) is 1. The summed E-state index contributed by atoms with van der Waals surface area (Å²) in [4.78, 5) is 0. The van der Waals surface area contributed by atoms with Crippen LogP contribution in [0.1, 0.15) is 23.2 Å². The highest BCUT2D eigenvalue weighted by Crippen LogP contribution is 2.38. The molecular weight excluding hydrogens is 279 g/mol. The summed E-state index contributed by atoms with van der Waals surface area (Å²) in [6, 6.07) is 12.9. The second-order valence-electron chi connectivity index (χ2n) is 4.95. The van der Waals surface area contributed by atoms with Crippen LogP contribution in [-0.2, 0) is 0 Å². The summed E-state index contributed by atoms with van der Waals surface area (Å²) in [5.41, 5.74) is 0.970. The number of nitrogens with one attached hydrogen (secondary N) is 1. The van der Waals surface area contributed by atoms with Crippen molar-refractivity contribution in [3.05, 3.63) is 65.7 Å². The Morgan fingerprint density at radius 2 is 1.67 bits per heavy atom. The van der Waals surface area contributed by atoms with Crippen molar-refractivity contribution in [2.24, 2.45) is 0 Å². The molecule has 0 radical (unpaired) electrons. The first-order chi connectivity index (χ1) is 10.1. The molecule has 2 aromatic carbocycles. The Balaban J connectivity index is 1.87. The Morgan fingerprint density at radius 3 is 2.38 bits per heavy atom. The van der Waals surface area contributed by atoms with E-state index in [9.17, 15) is 13.2 Å². The van der Waals surface area contributed by atoms with Crippen molar-refractivity contribution in [2.75, 3.05) is 6.61 Å². The van der Waals surface area contributed by atoms with E-state index in [0.717, 1.165) is 5.56 Å². The second kappa shape index (κ2) is 5.41. The molecule has 1 aliphatic rings. The van der Waals surface area contributed by atoms with E-state index in [1.165, 1.54) is 12.1 Å². The van der Waals surface area contributed by atoms with Crippen molar-refractivity contribution in [2.45, 2.75) is 18.3 Å². The van der Waals surface area contributed by atoms with Gasteiger partial charge in [0.25, 0.3) is 0 Å². The van der Waals surface area contributed by atoms with Crippen LogP contribution in [0.4, 0.5) is 13.2 Å². The first-order valence-electron chi connectivity index (χ1n) is 6.65. The first-order valence-corrected chi connectivity index (χ1v) is 6.65. The molecule has 3 rings (SSSR count). The van der Waals surface area contributed by atoms with Gasteiger partial charge in [-0.3, -0.25) is 5.32 Å². The molecule has 110 valence electrons. The number of halogens is 3. The molecule has 0 saturated heterocycles. The maximum absolute atomic E-state index is 13.3. The van der Waals surface area contributed by atoms with Crippen LogP contribution in [-0.4, -0.2) is 12.8 Å². The van der Waals surface area contributed by atoms with E-state index in [4.69, 9.17) is 4.74 Å². The third-order valence-corrected chi connectivity index (χ3v) is 3.53. The summed E-state index contributed by atoms with van der Waals surface area (Å²) in [6.07, 6.45) is -4.36. The number of fused-ring (bicyclic) bond motifs is 1. The van der Waals surface area contributed by atoms with Gasteiger partial charge in [0.15, 0.2) is 0 Å². The van der Waals surface area contributed by atoms with Crippen LogP contribution in [0.5, 0.6) is 5.75 Å². The summed E-state index contributed by atoms with van der Waals surface area (Å²) < 4.78 is 45.4. The van der Waals surface area contributed by atoms with Crippen molar-refractivity contribution in [3.8, 4) is 5.75 Å². The largest absolute Gasteiger partial charge is 0.491 e. The van der Waals surface area contributed by atoms with Crippen molar-refractivity contribution in [1.29, 1.82) is 0 Å². The van der Waals surface area contributed by atoms with E-state index in [-0.39, 0.29) is 12.2 Å². The maximum Gasteiger partial charge on any atom is 0.407 e. The van der Waals surface area contributed by atoms with Crippen LogP contribution >= 0.6 is 0 Å². The molecule has 0 amide bonds. The zero-order chi connectivity index (χ0) is 14.9. The van der Waals surface area contributed by atoms with Gasteiger partial charge in [0.1, 0.15) is 18.4 Å². The SMILES string of the molecule is FC(F)(F)C(NC1COc2ccccc21)c1ccccc1. The molecule has 2 aromatic rings. The minimum absolute atomic E-state index is 0.203. The van der Waals surface area contributed by atoms with Gasteiger partial charge in [-0.25, -0.2) is 0 Å². The highest BCUT2D eigenvalue weighted by molar-refractivity contribution is 5.39. The van der Waals surface area contributed by atoms with Gasteiger partial charge in [-0.2, -0.15) is 13.2 Å². The number of benzene rings is 2. The normalized spacial score (nSPS) is 18.9. The molecule has 1 N–H and O–H groups in total. The van der Waals surface area contributed by atoms with Crippen LogP contribution in [0.3, 0.4) is 0 Å². The van der Waals surface area contributed by atoms with E-state index in [1.54, 1.807) is 42.5 Å². The van der Waals surface area contributed by atoms with Crippen LogP contribution in [0.15, 0.2) is 54.6 Å². The molecule has 5 heteroatoms. The lowest BCUT2D eigenvalue weighted by Crippen LogP contribution is -2.37. The summed E-state index contributed by atoms with van der Waals surface area (Å²) in [5, 5.41) is 2.68. The summed E-state index contributed by atoms with van der Waals surface area (Å²) >= 11 is 0. The molecule has 0 saturated carbocycles. The molecule has 1 aliphatic heterocycles. The molecular formula is C16H14F3NO. The fraction of sp³-hybridized carbons (Fsp3) is 0.250. The van der Waals surface area contributed by atoms with Gasteiger partial charge in [0, 0.05) is 5.56 Å². The quantitative estimate of drug-likeness (QED) is 0.923. The number of ether oxygens (including phenoxy) is 1. The average Bonchev–Trinajstić information content (AvgIpc) is 2.88. The average molecular weight is 293 g/mol. The molecule has 2 nitrogen and oxygen atoms in total. The second-order valence-corrected chi connectivity index (χ2v) is 4.95. The zero-order valence-electron chi connectivity index (χ0n) is 11.1. The highest BCUT2D eigenvalue weighted by atomic mass is 19.4. The van der Waals surface area contributed by atoms with Gasteiger partial charge in [0.05, 0.1) is 6.04 Å². The lowest BCUT2D eigenvalue weighted by Gasteiger charge is -2.25.